The van der Waals surface area contributed by atoms with Crippen LogP contribution in [0.2, 0.25) is 0 Å². The molecule has 7 heteroatoms. The number of hydrogen-bond acceptors (Lipinski definition) is 5. The van der Waals surface area contributed by atoms with Crippen LogP contribution in [0.3, 0.4) is 0 Å². The van der Waals surface area contributed by atoms with Crippen molar-refractivity contribution in [2.24, 2.45) is 12.0 Å². The normalized spacial score (nSPS) is 16.5. The van der Waals surface area contributed by atoms with Gasteiger partial charge in [0.05, 0.1) is 0 Å². The molecule has 0 radical (unpaired) electrons. The molecule has 2 aliphatic heterocycles. The fourth-order valence-corrected chi connectivity index (χ4v) is 3.97. The van der Waals surface area contributed by atoms with Crippen molar-refractivity contribution in [1.82, 2.24) is 14.8 Å². The molecule has 0 atom stereocenters. The highest BCUT2D eigenvalue weighted by atomic mass is 32.2. The van der Waals surface area contributed by atoms with E-state index in [0.717, 1.165) is 36.8 Å². The van der Waals surface area contributed by atoms with Gasteiger partial charge in [0.15, 0.2) is 5.17 Å². The number of aliphatic imine (C=N–C) groups is 1. The standard InChI is InChI=1S/C17H22N4O2S/c1-11-9-12(2)20(3)16(23)14(11)15(22)18-7-5-13-10-24-17-19-6-4-8-21(13)17/h9-10H,4-8H2,1-3H3,(H,18,22). The van der Waals surface area contributed by atoms with Crippen LogP contribution in [-0.4, -0.2) is 40.2 Å². The highest BCUT2D eigenvalue weighted by molar-refractivity contribution is 8.16. The molecule has 6 nitrogen and oxygen atoms in total. The van der Waals surface area contributed by atoms with Gasteiger partial charge in [-0.2, -0.15) is 0 Å². The Bertz CT molecular complexity index is 795. The van der Waals surface area contributed by atoms with Gasteiger partial charge in [-0.15, -0.1) is 0 Å². The lowest BCUT2D eigenvalue weighted by atomic mass is 10.1. The molecule has 0 saturated carbocycles. The minimum Gasteiger partial charge on any atom is -0.351 e. The highest BCUT2D eigenvalue weighted by Gasteiger charge is 2.24. The van der Waals surface area contributed by atoms with Crippen molar-refractivity contribution in [2.45, 2.75) is 26.7 Å². The minimum absolute atomic E-state index is 0.234. The summed E-state index contributed by atoms with van der Waals surface area (Å²) in [6, 6.07) is 1.86. The summed E-state index contributed by atoms with van der Waals surface area (Å²) in [6.45, 7) is 6.05. The zero-order chi connectivity index (χ0) is 17.3. The number of nitrogens with zero attached hydrogens (tertiary/aromatic N) is 3. The summed E-state index contributed by atoms with van der Waals surface area (Å²) < 4.78 is 1.51. The average molecular weight is 346 g/mol. The zero-order valence-corrected chi connectivity index (χ0v) is 15.1. The fraction of sp³-hybridized carbons (Fsp3) is 0.471. The first-order valence-electron chi connectivity index (χ1n) is 8.12. The first-order chi connectivity index (χ1) is 11.5. The van der Waals surface area contributed by atoms with Crippen LogP contribution in [-0.2, 0) is 7.05 Å². The van der Waals surface area contributed by atoms with Crippen LogP contribution < -0.4 is 10.9 Å². The second-order valence-corrected chi connectivity index (χ2v) is 6.95. The molecule has 0 aliphatic carbocycles. The van der Waals surface area contributed by atoms with E-state index >= 15 is 0 Å². The number of hydrogen-bond donors (Lipinski definition) is 1. The summed E-state index contributed by atoms with van der Waals surface area (Å²) in [4.78, 5) is 31.5. The topological polar surface area (TPSA) is 66.7 Å². The van der Waals surface area contributed by atoms with Crippen LogP contribution in [0.15, 0.2) is 27.0 Å². The van der Waals surface area contributed by atoms with E-state index in [1.807, 2.05) is 13.0 Å². The Balaban J connectivity index is 1.63. The van der Waals surface area contributed by atoms with Gasteiger partial charge >= 0.3 is 0 Å². The van der Waals surface area contributed by atoms with Gasteiger partial charge < -0.3 is 14.8 Å². The van der Waals surface area contributed by atoms with Crippen LogP contribution in [0.4, 0.5) is 0 Å². The quantitative estimate of drug-likeness (QED) is 0.902. The van der Waals surface area contributed by atoms with Gasteiger partial charge in [0, 0.05) is 44.5 Å². The molecule has 0 aromatic carbocycles. The summed E-state index contributed by atoms with van der Waals surface area (Å²) in [5, 5.41) is 6.05. The number of thioether (sulfide) groups is 1. The highest BCUT2D eigenvalue weighted by Crippen LogP contribution is 2.30. The summed E-state index contributed by atoms with van der Waals surface area (Å²) in [7, 11) is 1.69. The van der Waals surface area contributed by atoms with Crippen LogP contribution in [0.1, 0.15) is 34.5 Å². The number of amidine groups is 1. The van der Waals surface area contributed by atoms with Crippen molar-refractivity contribution in [3.63, 3.8) is 0 Å². The van der Waals surface area contributed by atoms with E-state index < -0.39 is 0 Å². The molecule has 24 heavy (non-hydrogen) atoms. The van der Waals surface area contributed by atoms with Gasteiger partial charge in [-0.1, -0.05) is 11.8 Å². The lowest BCUT2D eigenvalue weighted by molar-refractivity contribution is 0.0951. The molecular weight excluding hydrogens is 324 g/mol. The zero-order valence-electron chi connectivity index (χ0n) is 14.3. The largest absolute Gasteiger partial charge is 0.351 e. The number of carbonyl (C=O) groups excluding carboxylic acids is 1. The molecule has 2 aliphatic rings. The number of amides is 1. The van der Waals surface area contributed by atoms with Crippen LogP contribution in [0, 0.1) is 13.8 Å². The predicted molar refractivity (Wildman–Crippen MR) is 97.4 cm³/mol. The molecule has 0 saturated heterocycles. The Kier molecular flexibility index (Phi) is 4.80. The van der Waals surface area contributed by atoms with Gasteiger partial charge in [0.1, 0.15) is 5.56 Å². The number of pyridine rings is 1. The third kappa shape index (κ3) is 3.13. The lowest BCUT2D eigenvalue weighted by Crippen LogP contribution is -2.35. The SMILES string of the molecule is Cc1cc(C)n(C)c(=O)c1C(=O)NCCC1=CSC2=NCCCN12. The third-order valence-corrected chi connectivity index (χ3v) is 5.38. The van der Waals surface area contributed by atoms with Gasteiger partial charge in [0.2, 0.25) is 0 Å². The first kappa shape index (κ1) is 16.8. The van der Waals surface area contributed by atoms with Gasteiger partial charge in [-0.05, 0) is 37.3 Å². The number of aromatic nitrogens is 1. The van der Waals surface area contributed by atoms with Gasteiger partial charge in [-0.3, -0.25) is 14.6 Å². The summed E-state index contributed by atoms with van der Waals surface area (Å²) in [5.41, 5.74) is 2.74. The Labute approximate surface area is 145 Å². The molecule has 1 N–H and O–H groups in total. The Morgan fingerprint density at radius 1 is 1.42 bits per heavy atom. The van der Waals surface area contributed by atoms with E-state index in [1.54, 1.807) is 25.7 Å². The molecular formula is C17H22N4O2S. The van der Waals surface area contributed by atoms with E-state index in [4.69, 9.17) is 0 Å². The molecule has 0 bridgehead atoms. The van der Waals surface area contributed by atoms with Crippen LogP contribution in [0.5, 0.6) is 0 Å². The predicted octanol–water partition coefficient (Wildman–Crippen LogP) is 1.77. The fourth-order valence-electron chi connectivity index (χ4n) is 2.98. The second kappa shape index (κ2) is 6.84. The molecule has 1 aromatic rings. The lowest BCUT2D eigenvalue weighted by Gasteiger charge is -2.25. The van der Waals surface area contributed by atoms with E-state index in [2.05, 4.69) is 20.6 Å². The molecule has 3 rings (SSSR count). The Morgan fingerprint density at radius 3 is 3.00 bits per heavy atom. The number of nitrogens with one attached hydrogen (secondary N) is 1. The summed E-state index contributed by atoms with van der Waals surface area (Å²) >= 11 is 1.65. The first-order valence-corrected chi connectivity index (χ1v) is 9.00. The maximum atomic E-state index is 12.4. The van der Waals surface area contributed by atoms with Crippen molar-refractivity contribution < 1.29 is 4.79 Å². The van der Waals surface area contributed by atoms with E-state index in [-0.39, 0.29) is 17.0 Å². The monoisotopic (exact) mass is 346 g/mol. The number of aryl methyl sites for hydroxylation is 2. The second-order valence-electron chi connectivity index (χ2n) is 6.11. The maximum Gasteiger partial charge on any atom is 0.263 e. The van der Waals surface area contributed by atoms with E-state index in [1.165, 1.54) is 10.3 Å². The van der Waals surface area contributed by atoms with E-state index in [0.29, 0.717) is 12.1 Å². The molecule has 0 spiro atoms. The molecule has 3 heterocycles. The van der Waals surface area contributed by atoms with Crippen molar-refractivity contribution >= 4 is 22.8 Å². The van der Waals surface area contributed by atoms with Gasteiger partial charge in [-0.25, -0.2) is 0 Å². The van der Waals surface area contributed by atoms with Crippen molar-refractivity contribution in [3.05, 3.63) is 44.3 Å². The Hall–Kier alpha value is -2.02. The summed E-state index contributed by atoms with van der Waals surface area (Å²) in [5.74, 6) is -0.299. The average Bonchev–Trinajstić information content (AvgIpc) is 2.96. The number of carbonyl (C=O) groups is 1. The van der Waals surface area contributed by atoms with Crippen LogP contribution in [0.25, 0.3) is 0 Å². The van der Waals surface area contributed by atoms with Crippen LogP contribution >= 0.6 is 11.8 Å². The molecule has 1 amide bonds. The number of fused-ring (bicyclic) bond motifs is 1. The van der Waals surface area contributed by atoms with Gasteiger partial charge in [0.25, 0.3) is 11.5 Å². The van der Waals surface area contributed by atoms with Crippen molar-refractivity contribution in [3.8, 4) is 0 Å². The smallest absolute Gasteiger partial charge is 0.263 e. The summed E-state index contributed by atoms with van der Waals surface area (Å²) in [6.07, 6.45) is 1.80. The Morgan fingerprint density at radius 2 is 2.21 bits per heavy atom. The van der Waals surface area contributed by atoms with Crippen molar-refractivity contribution in [1.29, 1.82) is 0 Å². The molecule has 0 fully saturated rings. The molecule has 128 valence electrons. The molecule has 1 aromatic heterocycles. The minimum atomic E-state index is -0.299. The number of rotatable bonds is 4. The maximum absolute atomic E-state index is 12.4. The van der Waals surface area contributed by atoms with E-state index in [9.17, 15) is 9.59 Å². The van der Waals surface area contributed by atoms with Crippen molar-refractivity contribution in [2.75, 3.05) is 19.6 Å². The third-order valence-electron chi connectivity index (χ3n) is 4.43. The molecule has 0 unspecified atom stereocenters.